The van der Waals surface area contributed by atoms with Gasteiger partial charge >= 0.3 is 214 Å². The quantitative estimate of drug-likeness (QED) is 0.123. The molecule has 3 nitrogen and oxygen atoms in total. The van der Waals surface area contributed by atoms with E-state index in [9.17, 15) is 0 Å². The summed E-state index contributed by atoms with van der Waals surface area (Å²) in [5, 5.41) is 3.09. The minimum Gasteiger partial charge on any atom is -0.0751 e. The molecule has 7 heteroatoms. The van der Waals surface area contributed by atoms with E-state index in [1.807, 2.05) is 66.7 Å². The molecule has 3 aromatic heterocycles. The Morgan fingerprint density at radius 3 is 1.98 bits per heavy atom. The van der Waals surface area contributed by atoms with E-state index in [-0.39, 0.29) is 42.5 Å². The predicted octanol–water partition coefficient (Wildman–Crippen LogP) is 13.7. The molecule has 0 N–H and O–H groups in total. The minimum atomic E-state index is -2.69. The van der Waals surface area contributed by atoms with Crippen molar-refractivity contribution in [3.63, 3.8) is 0 Å². The van der Waals surface area contributed by atoms with Gasteiger partial charge in [-0.1, -0.05) is 23.8 Å². The molecule has 0 bridgehead atoms. The summed E-state index contributed by atoms with van der Waals surface area (Å²) in [5.41, 5.74) is 1.29. The number of hydrogen-bond acceptors (Lipinski definition) is 3. The van der Waals surface area contributed by atoms with E-state index < -0.39 is 45.2 Å². The van der Waals surface area contributed by atoms with Gasteiger partial charge in [0, 0.05) is 44.8 Å². The Bertz CT molecular complexity index is 3020. The average Bonchev–Trinajstić information content (AvgIpc) is 3.61. The molecule has 0 unspecified atom stereocenters. The van der Waals surface area contributed by atoms with Gasteiger partial charge in [-0.3, -0.25) is 0 Å². The molecule has 0 atom stereocenters. The summed E-state index contributed by atoms with van der Waals surface area (Å²) in [6, 6.07) is 35.2. The van der Waals surface area contributed by atoms with Gasteiger partial charge in [-0.15, -0.1) is 35.9 Å². The maximum atomic E-state index is 16.1. The summed E-state index contributed by atoms with van der Waals surface area (Å²) < 4.78 is 109. The SMILES string of the molecule is [2H]C([2H])([2H])c1ccc(-c2[c-]cccc2)nc1.[2H]C([2H])([2H])c1cnc(-c2[c-]ccc3c2oc2c4cc(-c5c(C(C)(C)F)c[c]([Ge]([CH3])([CH3])[CH3])cc5C(C)(C)F)ccc4ccc32)cc1C([2H])([2H])[2H].[Ir]. The van der Waals surface area contributed by atoms with Crippen molar-refractivity contribution >= 4 is 50.4 Å². The fraction of sp³-hybridized carbons (Fsp3) is 0.240. The minimum absolute atomic E-state index is 0. The molecule has 293 valence electrons. The first-order valence-electron chi connectivity index (χ1n) is 22.9. The number of fused-ring (bicyclic) bond motifs is 5. The van der Waals surface area contributed by atoms with Crippen molar-refractivity contribution in [3.8, 4) is 33.6 Å². The number of aromatic nitrogens is 2. The Morgan fingerprint density at radius 2 is 1.37 bits per heavy atom. The Kier molecular flexibility index (Phi) is 8.87. The Morgan fingerprint density at radius 1 is 0.667 bits per heavy atom. The van der Waals surface area contributed by atoms with Gasteiger partial charge < -0.3 is 9.97 Å². The first-order valence-corrected chi connectivity index (χ1v) is 25.7. The summed E-state index contributed by atoms with van der Waals surface area (Å²) in [6.45, 7) is -1.42. The number of pyridine rings is 2. The molecule has 0 aliphatic heterocycles. The molecule has 8 aromatic rings. The van der Waals surface area contributed by atoms with Gasteiger partial charge in [-0.2, -0.15) is 0 Å². The van der Waals surface area contributed by atoms with Crippen molar-refractivity contribution in [1.82, 2.24) is 9.97 Å². The van der Waals surface area contributed by atoms with Crippen LogP contribution in [-0.2, 0) is 31.4 Å². The fourth-order valence-corrected chi connectivity index (χ4v) is 9.31. The van der Waals surface area contributed by atoms with Crippen LogP contribution in [0, 0.1) is 32.7 Å². The zero-order chi connectivity index (χ0) is 47.7. The van der Waals surface area contributed by atoms with Gasteiger partial charge in [0.2, 0.25) is 0 Å². The average molecular weight is 1000 g/mol. The Labute approximate surface area is 364 Å². The van der Waals surface area contributed by atoms with Crippen LogP contribution in [0.5, 0.6) is 0 Å². The van der Waals surface area contributed by atoms with Crippen LogP contribution in [0.1, 0.15) is 67.8 Å². The summed E-state index contributed by atoms with van der Waals surface area (Å²) >= 11 is -2.52. The van der Waals surface area contributed by atoms with Gasteiger partial charge in [-0.05, 0) is 37.4 Å². The van der Waals surface area contributed by atoms with Crippen LogP contribution in [0.4, 0.5) is 8.78 Å². The van der Waals surface area contributed by atoms with E-state index in [0.29, 0.717) is 39.0 Å². The molecule has 0 aliphatic carbocycles. The van der Waals surface area contributed by atoms with Crippen molar-refractivity contribution in [1.29, 1.82) is 0 Å². The van der Waals surface area contributed by atoms with Crippen LogP contribution in [0.2, 0.25) is 17.3 Å². The van der Waals surface area contributed by atoms with E-state index in [0.717, 1.165) is 43.4 Å². The van der Waals surface area contributed by atoms with Crippen molar-refractivity contribution in [2.75, 3.05) is 0 Å². The van der Waals surface area contributed by atoms with E-state index in [1.165, 1.54) is 40.0 Å². The topological polar surface area (TPSA) is 38.9 Å². The third kappa shape index (κ3) is 8.70. The first-order chi connectivity index (χ1) is 30.0. The molecule has 57 heavy (non-hydrogen) atoms. The second-order valence-corrected chi connectivity index (χ2v) is 26.7. The first kappa shape index (κ1) is 31.5. The molecule has 3 heterocycles. The number of rotatable bonds is 6. The summed E-state index contributed by atoms with van der Waals surface area (Å²) in [6.07, 6.45) is 2.48. The molecule has 1 radical (unpaired) electrons. The van der Waals surface area contributed by atoms with Gasteiger partial charge in [-0.25, -0.2) is 0 Å². The molecule has 8 rings (SSSR count). The van der Waals surface area contributed by atoms with E-state index in [4.69, 9.17) is 16.8 Å². The summed E-state index contributed by atoms with van der Waals surface area (Å²) in [4.78, 5) is 8.47. The molecule has 0 spiro atoms. The number of aryl methyl sites for hydroxylation is 3. The van der Waals surface area contributed by atoms with Crippen molar-refractivity contribution < 1.29 is 45.6 Å². The molecular formula is C50H48F2GeIrN2O-2. The molecule has 0 saturated carbocycles. The van der Waals surface area contributed by atoms with Crippen molar-refractivity contribution in [2.24, 2.45) is 0 Å². The van der Waals surface area contributed by atoms with Crippen LogP contribution >= 0.6 is 0 Å². The van der Waals surface area contributed by atoms with E-state index >= 15 is 8.78 Å². The normalized spacial score (nSPS) is 15.1. The Hall–Kier alpha value is -4.49. The molecule has 0 aliphatic rings. The van der Waals surface area contributed by atoms with E-state index in [2.05, 4.69) is 39.4 Å². The summed E-state index contributed by atoms with van der Waals surface area (Å²) in [5.74, 6) is 6.63. The molecule has 0 saturated heterocycles. The van der Waals surface area contributed by atoms with E-state index in [1.54, 1.807) is 24.3 Å². The number of hydrogen-bond donors (Lipinski definition) is 0. The Balaban J connectivity index is 0.000000357. The number of benzene rings is 5. The third-order valence-electron chi connectivity index (χ3n) is 9.90. The molecule has 0 fully saturated rings. The van der Waals surface area contributed by atoms with Crippen LogP contribution in [0.3, 0.4) is 0 Å². The maximum absolute atomic E-state index is 16.1. The zero-order valence-electron chi connectivity index (χ0n) is 41.8. The number of alkyl halides is 2. The molecular weight excluding hydrogens is 947 g/mol. The number of nitrogens with zero attached hydrogens (tertiary/aromatic N) is 2. The second-order valence-electron chi connectivity index (χ2n) is 16.0. The van der Waals surface area contributed by atoms with Crippen LogP contribution in [0.15, 0.2) is 114 Å². The van der Waals surface area contributed by atoms with Crippen LogP contribution in [-0.4, -0.2) is 23.2 Å². The summed E-state index contributed by atoms with van der Waals surface area (Å²) in [7, 11) is 0. The number of halogens is 2. The standard InChI is InChI=1S/C38H38F2GeNO.C12H10N.Ir/c1-22-17-33(42-21-23(22)2)29-12-10-11-27-28-16-15-24-13-14-25(18-30(24)36(28)43-35(27)29)34-31(37(3,4)39)19-26(41(7,8)9)20-32(34)38(5,6)40;1-10-7-8-12(13-9-10)11-5-3-2-4-6-11;/h10-11,13-21H,1-9H3;2-5,7-9H,1H3;/q2*-1;/i1D3,2D3;1D3;. The van der Waals surface area contributed by atoms with Crippen molar-refractivity contribution in [2.45, 2.75) is 76.9 Å². The third-order valence-corrected chi connectivity index (χ3v) is 14.1. The fourth-order valence-electron chi connectivity index (χ4n) is 6.89. The predicted molar refractivity (Wildman–Crippen MR) is 233 cm³/mol. The largest absolute Gasteiger partial charge is 0.0751 e. The van der Waals surface area contributed by atoms with Gasteiger partial charge in [0.25, 0.3) is 0 Å². The molecule has 0 amide bonds. The number of furan rings is 1. The second kappa shape index (κ2) is 16.0. The monoisotopic (exact) mass is 1010 g/mol. The zero-order valence-corrected chi connectivity index (χ0v) is 37.3. The van der Waals surface area contributed by atoms with Crippen LogP contribution < -0.4 is 4.40 Å². The van der Waals surface area contributed by atoms with Crippen molar-refractivity contribution in [3.05, 3.63) is 149 Å². The molecule has 5 aromatic carbocycles. The van der Waals surface area contributed by atoms with Gasteiger partial charge in [0.15, 0.2) is 0 Å². The van der Waals surface area contributed by atoms with Crippen LogP contribution in [0.25, 0.3) is 66.4 Å². The van der Waals surface area contributed by atoms with Gasteiger partial charge in [0.05, 0.1) is 0 Å². The smallest absolute Gasteiger partial charge is 0.0279 e. The van der Waals surface area contributed by atoms with Gasteiger partial charge in [0.1, 0.15) is 0 Å². The maximum Gasteiger partial charge on any atom is 0.0279 e.